The molecule has 0 bridgehead atoms. The molecule has 5 atom stereocenters. The third-order valence-corrected chi connectivity index (χ3v) is 11.1. The normalized spacial score (nSPS) is 25.5. The lowest BCUT2D eigenvalue weighted by molar-refractivity contribution is -0.299. The molecule has 184 valence electrons. The Balaban J connectivity index is 1.90. The Morgan fingerprint density at radius 3 is 2.00 bits per heavy atom. The average molecular weight is 488 g/mol. The van der Waals surface area contributed by atoms with E-state index in [-0.39, 0.29) is 24.8 Å². The molecule has 34 heavy (non-hydrogen) atoms. The molecule has 2 aromatic carbocycles. The topological polar surface area (TPSA) is 137 Å². The van der Waals surface area contributed by atoms with Crippen LogP contribution in [0.15, 0.2) is 65.8 Å². The zero-order valence-electron chi connectivity index (χ0n) is 19.7. The maximum atomic E-state index is 10.7. The molecule has 2 aromatic rings. The molecule has 0 aliphatic carbocycles. The van der Waals surface area contributed by atoms with E-state index in [4.69, 9.17) is 19.4 Å². The first-order valence-corrected chi connectivity index (χ1v) is 13.2. The fraction of sp³-hybridized carbons (Fsp3) is 0.500. The van der Waals surface area contributed by atoms with E-state index >= 15 is 0 Å². The summed E-state index contributed by atoms with van der Waals surface area (Å²) in [6, 6.07) is 20.1. The molecule has 0 saturated carbocycles. The number of aliphatic hydroxyl groups is 3. The van der Waals surface area contributed by atoms with Gasteiger partial charge in [-0.3, -0.25) is 0 Å². The summed E-state index contributed by atoms with van der Waals surface area (Å²) in [5.41, 5.74) is 8.41. The van der Waals surface area contributed by atoms with Gasteiger partial charge >= 0.3 is 0 Å². The van der Waals surface area contributed by atoms with Crippen molar-refractivity contribution in [2.75, 3.05) is 19.8 Å². The van der Waals surface area contributed by atoms with Crippen molar-refractivity contribution in [1.82, 2.24) is 0 Å². The highest BCUT2D eigenvalue weighted by molar-refractivity contribution is 6.99. The van der Waals surface area contributed by atoms with Gasteiger partial charge in [-0.2, -0.15) is 0 Å². The van der Waals surface area contributed by atoms with E-state index in [1.54, 1.807) is 0 Å². The highest BCUT2D eigenvalue weighted by Gasteiger charge is 2.52. The smallest absolute Gasteiger partial charge is 0.261 e. The molecule has 9 nitrogen and oxygen atoms in total. The number of aliphatic hydroxyl groups excluding tert-OH is 3. The third-order valence-electron chi connectivity index (χ3n) is 6.09. The Labute approximate surface area is 200 Å². The van der Waals surface area contributed by atoms with Crippen molar-refractivity contribution in [3.05, 3.63) is 71.1 Å². The van der Waals surface area contributed by atoms with E-state index in [1.165, 1.54) is 0 Å². The number of ether oxygens (including phenoxy) is 2. The summed E-state index contributed by atoms with van der Waals surface area (Å²) in [5, 5.41) is 36.6. The Morgan fingerprint density at radius 2 is 1.50 bits per heavy atom. The summed E-state index contributed by atoms with van der Waals surface area (Å²) < 4.78 is 18.1. The fourth-order valence-corrected chi connectivity index (χ4v) is 8.98. The first kappa shape index (κ1) is 26.3. The molecule has 1 aliphatic heterocycles. The molecule has 1 heterocycles. The zero-order valence-corrected chi connectivity index (χ0v) is 20.7. The summed E-state index contributed by atoms with van der Waals surface area (Å²) in [6.45, 7) is 6.43. The third kappa shape index (κ3) is 5.51. The maximum absolute atomic E-state index is 10.7. The van der Waals surface area contributed by atoms with Gasteiger partial charge in [-0.25, -0.2) is 0 Å². The Bertz CT molecular complexity index is 913. The van der Waals surface area contributed by atoms with Crippen LogP contribution in [0.25, 0.3) is 10.4 Å². The summed E-state index contributed by atoms with van der Waals surface area (Å²) in [4.78, 5) is 2.65. The van der Waals surface area contributed by atoms with Crippen LogP contribution in [0.4, 0.5) is 0 Å². The quantitative estimate of drug-likeness (QED) is 0.162. The van der Waals surface area contributed by atoms with E-state index in [0.29, 0.717) is 0 Å². The number of hydrogen-bond acceptors (Lipinski definition) is 7. The molecule has 0 radical (unpaired) electrons. The van der Waals surface area contributed by atoms with Gasteiger partial charge in [0.05, 0.1) is 13.2 Å². The summed E-state index contributed by atoms with van der Waals surface area (Å²) in [5.74, 6) is 0. The zero-order chi connectivity index (χ0) is 24.8. The molecule has 3 rings (SSSR count). The molecule has 0 aromatic heterocycles. The fourth-order valence-electron chi connectivity index (χ4n) is 4.42. The molecule has 0 unspecified atom stereocenters. The van der Waals surface area contributed by atoms with Gasteiger partial charge in [0.2, 0.25) is 0 Å². The van der Waals surface area contributed by atoms with E-state index in [0.717, 1.165) is 10.4 Å². The van der Waals surface area contributed by atoms with Crippen LogP contribution < -0.4 is 10.4 Å². The van der Waals surface area contributed by atoms with Crippen LogP contribution in [0.2, 0.25) is 5.04 Å². The summed E-state index contributed by atoms with van der Waals surface area (Å²) in [7, 11) is -2.89. The number of rotatable bonds is 9. The van der Waals surface area contributed by atoms with Crippen LogP contribution in [0.1, 0.15) is 20.8 Å². The van der Waals surface area contributed by atoms with E-state index in [9.17, 15) is 15.3 Å². The molecule has 1 fully saturated rings. The highest BCUT2D eigenvalue weighted by Crippen LogP contribution is 2.37. The average Bonchev–Trinajstić information content (AvgIpc) is 2.83. The lowest BCUT2D eigenvalue weighted by atomic mass is 9.99. The van der Waals surface area contributed by atoms with Crippen LogP contribution in [-0.2, 0) is 13.9 Å². The molecule has 0 amide bonds. The van der Waals surface area contributed by atoms with Crippen LogP contribution >= 0.6 is 0 Å². The molecular weight excluding hydrogens is 454 g/mol. The number of benzene rings is 2. The van der Waals surface area contributed by atoms with Gasteiger partial charge in [0.1, 0.15) is 24.4 Å². The van der Waals surface area contributed by atoms with Crippen LogP contribution in [0, 0.1) is 0 Å². The molecule has 1 saturated heterocycles. The van der Waals surface area contributed by atoms with Crippen molar-refractivity contribution < 1.29 is 29.2 Å². The van der Waals surface area contributed by atoms with Crippen LogP contribution in [0.5, 0.6) is 0 Å². The van der Waals surface area contributed by atoms with Gasteiger partial charge in [0, 0.05) is 11.5 Å². The van der Waals surface area contributed by atoms with Crippen molar-refractivity contribution in [2.24, 2.45) is 5.11 Å². The Morgan fingerprint density at radius 1 is 0.941 bits per heavy atom. The van der Waals surface area contributed by atoms with Crippen molar-refractivity contribution >= 4 is 18.7 Å². The van der Waals surface area contributed by atoms with Gasteiger partial charge in [0.25, 0.3) is 8.32 Å². The largest absolute Gasteiger partial charge is 0.405 e. The second-order valence-corrected chi connectivity index (χ2v) is 13.6. The Hall–Kier alpha value is -2.27. The highest BCUT2D eigenvalue weighted by atomic mass is 28.4. The van der Waals surface area contributed by atoms with Crippen molar-refractivity contribution in [1.29, 1.82) is 0 Å². The van der Waals surface area contributed by atoms with E-state index in [1.807, 2.05) is 36.4 Å². The van der Waals surface area contributed by atoms with Crippen LogP contribution in [0.3, 0.4) is 0 Å². The lowest BCUT2D eigenvalue weighted by Crippen LogP contribution is -2.68. The standard InChI is InChI=1S/C24H33N3O6Si/c1-24(2,3)34(17-10-6-4-7-11-17,18-12-8-5-9-13-18)32-16-19-20(28)21(29)22(30)23(33-19)31-15-14-26-27-25/h4-13,19-23,28-30H,14-16H2,1-3H3/t19-,20+,21+,22-,23-/m1/s1. The monoisotopic (exact) mass is 487 g/mol. The van der Waals surface area contributed by atoms with E-state index < -0.39 is 39.0 Å². The second kappa shape index (κ2) is 11.4. The number of azide groups is 1. The predicted molar refractivity (Wildman–Crippen MR) is 130 cm³/mol. The second-order valence-electron chi connectivity index (χ2n) is 9.31. The van der Waals surface area contributed by atoms with Crippen molar-refractivity contribution in [3.63, 3.8) is 0 Å². The minimum atomic E-state index is -2.89. The van der Waals surface area contributed by atoms with Crippen LogP contribution in [-0.4, -0.2) is 74.1 Å². The maximum Gasteiger partial charge on any atom is 0.261 e. The first-order valence-electron chi connectivity index (χ1n) is 11.3. The van der Waals surface area contributed by atoms with Gasteiger partial charge < -0.3 is 29.2 Å². The van der Waals surface area contributed by atoms with Crippen molar-refractivity contribution in [2.45, 2.75) is 56.5 Å². The van der Waals surface area contributed by atoms with Gasteiger partial charge in [0.15, 0.2) is 6.29 Å². The molecule has 3 N–H and O–H groups in total. The SMILES string of the molecule is CC(C)(C)[Si](OC[C@H]1O[C@@H](OCCN=[N+]=[N-])[C@H](O)[C@@H](O)[C@H]1O)(c1ccccc1)c1ccccc1. The predicted octanol–water partition coefficient (Wildman–Crippen LogP) is 1.70. The van der Waals surface area contributed by atoms with Gasteiger partial charge in [-0.05, 0) is 20.9 Å². The van der Waals surface area contributed by atoms with Gasteiger partial charge in [-0.1, -0.05) is 86.5 Å². The summed E-state index contributed by atoms with van der Waals surface area (Å²) >= 11 is 0. The Kier molecular flexibility index (Phi) is 8.86. The first-order chi connectivity index (χ1) is 16.2. The van der Waals surface area contributed by atoms with Gasteiger partial charge in [-0.15, -0.1) is 0 Å². The van der Waals surface area contributed by atoms with E-state index in [2.05, 4.69) is 55.1 Å². The summed E-state index contributed by atoms with van der Waals surface area (Å²) in [6.07, 6.45) is -6.44. The van der Waals surface area contributed by atoms with Crippen molar-refractivity contribution in [3.8, 4) is 0 Å². The lowest BCUT2D eigenvalue weighted by Gasteiger charge is -2.45. The molecule has 1 aliphatic rings. The molecule has 0 spiro atoms. The number of hydrogen-bond donors (Lipinski definition) is 3. The minimum Gasteiger partial charge on any atom is -0.405 e. The molecular formula is C24H33N3O6Si. The molecule has 10 heteroatoms. The minimum absolute atomic E-state index is 0.00309. The number of nitrogens with zero attached hydrogens (tertiary/aromatic N) is 3.